The van der Waals surface area contributed by atoms with E-state index in [0.29, 0.717) is 24.2 Å². The molecule has 4 aliphatic carbocycles. The predicted molar refractivity (Wildman–Crippen MR) is 175 cm³/mol. The van der Waals surface area contributed by atoms with Crippen molar-refractivity contribution >= 4 is 23.5 Å². The molecule has 3 saturated carbocycles. The molecule has 3 fully saturated rings. The second-order valence-electron chi connectivity index (χ2n) is 14.7. The molecule has 46 heavy (non-hydrogen) atoms. The first-order valence-corrected chi connectivity index (χ1v) is 16.8. The molecule has 1 aromatic carbocycles. The number of fused-ring (bicyclic) bond motifs is 5. The molecule has 0 aliphatic heterocycles. The summed E-state index contributed by atoms with van der Waals surface area (Å²) in [6.45, 7) is 7.82. The van der Waals surface area contributed by atoms with Crippen molar-refractivity contribution in [2.24, 2.45) is 39.7 Å². The van der Waals surface area contributed by atoms with Crippen LogP contribution in [-0.4, -0.2) is 58.0 Å². The molecule has 9 heteroatoms. The normalized spacial score (nSPS) is 33.8. The van der Waals surface area contributed by atoms with Crippen molar-refractivity contribution in [3.8, 4) is 12.3 Å². The standard InChI is InChI=1S/C37H49N3O6/c1-6-37(45)19-16-29-27-13-12-25-21-26(14-17-35(25,4)28(27)15-18-36(29,37)5)40-46-22-31(41)39-32(23(2)3)33(42)38-30(34(43)44)20-24-10-8-7-9-11-24/h1,7-11,21,23,27-30,32,45H,12-20,22H2,2-5H3,(H,38,42)(H,39,41)(H,43,44)/b40-26-/t27-,28-,29-,30+,32+,35+,36+,37-/m1/s1. The number of terminal acetylenes is 1. The molecule has 0 unspecified atom stereocenters. The summed E-state index contributed by atoms with van der Waals surface area (Å²) in [5, 5.41) is 30.5. The van der Waals surface area contributed by atoms with Crippen LogP contribution in [0.1, 0.15) is 84.6 Å². The molecule has 0 spiro atoms. The van der Waals surface area contributed by atoms with E-state index in [1.807, 2.05) is 18.2 Å². The van der Waals surface area contributed by atoms with Gasteiger partial charge in [0.15, 0.2) is 6.61 Å². The molecule has 248 valence electrons. The Balaban J connectivity index is 1.16. The number of carboxylic acids is 1. The minimum absolute atomic E-state index is 0.0731. The van der Waals surface area contributed by atoms with Crippen molar-refractivity contribution in [1.29, 1.82) is 0 Å². The van der Waals surface area contributed by atoms with Crippen molar-refractivity contribution in [3.05, 3.63) is 47.5 Å². The highest BCUT2D eigenvalue weighted by molar-refractivity contribution is 5.96. The Kier molecular flexibility index (Phi) is 9.70. The van der Waals surface area contributed by atoms with E-state index in [0.717, 1.165) is 56.2 Å². The van der Waals surface area contributed by atoms with E-state index in [-0.39, 0.29) is 29.8 Å². The number of rotatable bonds is 10. The van der Waals surface area contributed by atoms with Gasteiger partial charge in [-0.15, -0.1) is 6.42 Å². The third-order valence-corrected chi connectivity index (χ3v) is 11.9. The number of carbonyl (C=O) groups is 3. The molecule has 4 aliphatic rings. The van der Waals surface area contributed by atoms with Crippen LogP contribution in [0.2, 0.25) is 0 Å². The summed E-state index contributed by atoms with van der Waals surface area (Å²) in [4.78, 5) is 43.2. The van der Waals surface area contributed by atoms with E-state index in [1.54, 1.807) is 26.0 Å². The lowest BCUT2D eigenvalue weighted by atomic mass is 9.46. The largest absolute Gasteiger partial charge is 0.480 e. The average Bonchev–Trinajstić information content (AvgIpc) is 3.30. The van der Waals surface area contributed by atoms with Crippen LogP contribution in [0.5, 0.6) is 0 Å². The third-order valence-electron chi connectivity index (χ3n) is 11.9. The lowest BCUT2D eigenvalue weighted by Crippen LogP contribution is -2.54. The minimum Gasteiger partial charge on any atom is -0.480 e. The zero-order valence-corrected chi connectivity index (χ0v) is 27.6. The molecule has 1 aromatic rings. The van der Waals surface area contributed by atoms with Crippen LogP contribution in [0, 0.1) is 46.8 Å². The summed E-state index contributed by atoms with van der Waals surface area (Å²) in [5.41, 5.74) is 1.84. The van der Waals surface area contributed by atoms with Crippen molar-refractivity contribution in [1.82, 2.24) is 10.6 Å². The maximum Gasteiger partial charge on any atom is 0.326 e. The molecule has 0 radical (unpaired) electrons. The van der Waals surface area contributed by atoms with Crippen LogP contribution in [0.4, 0.5) is 0 Å². The second kappa shape index (κ2) is 13.2. The SMILES string of the molecule is C#C[C@@]1(O)CC[C@@H]2[C@@H]3CCC4=C/C(=N\OCC(=O)N[C@H](C(=O)N[C@@H](Cc5ccccc5)C(=O)O)C(C)C)CC[C@]4(C)[C@@H]3CC[C@@]21C. The number of allylic oxidation sites excluding steroid dienone is 2. The van der Waals surface area contributed by atoms with Crippen LogP contribution >= 0.6 is 0 Å². The summed E-state index contributed by atoms with van der Waals surface area (Å²) >= 11 is 0. The Hall–Kier alpha value is -3.64. The number of amides is 2. The number of hydrogen-bond acceptors (Lipinski definition) is 6. The molecule has 8 atom stereocenters. The maximum atomic E-state index is 13.1. The molecule has 4 N–H and O–H groups in total. The van der Waals surface area contributed by atoms with Crippen molar-refractivity contribution < 1.29 is 29.4 Å². The Morgan fingerprint density at radius 2 is 1.76 bits per heavy atom. The number of aliphatic hydroxyl groups is 1. The van der Waals surface area contributed by atoms with E-state index in [2.05, 4.69) is 41.6 Å². The smallest absolute Gasteiger partial charge is 0.326 e. The van der Waals surface area contributed by atoms with Gasteiger partial charge in [-0.2, -0.15) is 0 Å². The predicted octanol–water partition coefficient (Wildman–Crippen LogP) is 4.64. The summed E-state index contributed by atoms with van der Waals surface area (Å²) in [6, 6.07) is 7.02. The van der Waals surface area contributed by atoms with E-state index in [9.17, 15) is 24.6 Å². The lowest BCUT2D eigenvalue weighted by Gasteiger charge is -2.58. The van der Waals surface area contributed by atoms with Crippen molar-refractivity contribution in [3.63, 3.8) is 0 Å². The molecule has 0 bridgehead atoms. The summed E-state index contributed by atoms with van der Waals surface area (Å²) in [5.74, 6) is 1.81. The van der Waals surface area contributed by atoms with Gasteiger partial charge in [0.2, 0.25) is 5.91 Å². The maximum absolute atomic E-state index is 13.1. The monoisotopic (exact) mass is 631 g/mol. The topological polar surface area (TPSA) is 137 Å². The number of nitrogens with one attached hydrogen (secondary N) is 2. The zero-order valence-electron chi connectivity index (χ0n) is 27.6. The van der Waals surface area contributed by atoms with Gasteiger partial charge in [0.05, 0.1) is 5.71 Å². The molecule has 0 aromatic heterocycles. The van der Waals surface area contributed by atoms with Crippen LogP contribution in [-0.2, 0) is 25.6 Å². The van der Waals surface area contributed by atoms with Crippen molar-refractivity contribution in [2.75, 3.05) is 6.61 Å². The first-order chi connectivity index (χ1) is 21.8. The van der Waals surface area contributed by atoms with Crippen LogP contribution < -0.4 is 10.6 Å². The summed E-state index contributed by atoms with van der Waals surface area (Å²) in [6.07, 6.45) is 15.6. The molecule has 9 nitrogen and oxygen atoms in total. The van der Waals surface area contributed by atoms with E-state index in [4.69, 9.17) is 11.3 Å². The number of benzene rings is 1. The van der Waals surface area contributed by atoms with E-state index >= 15 is 0 Å². The highest BCUT2D eigenvalue weighted by Crippen LogP contribution is 2.67. The minimum atomic E-state index is -1.15. The van der Waals surface area contributed by atoms with Crippen LogP contribution in [0.3, 0.4) is 0 Å². The van der Waals surface area contributed by atoms with Gasteiger partial charge in [-0.3, -0.25) is 9.59 Å². The Morgan fingerprint density at radius 1 is 1.04 bits per heavy atom. The van der Waals surface area contributed by atoms with Gasteiger partial charge in [0.1, 0.15) is 17.7 Å². The van der Waals surface area contributed by atoms with Gasteiger partial charge >= 0.3 is 5.97 Å². The highest BCUT2D eigenvalue weighted by atomic mass is 16.6. The summed E-state index contributed by atoms with van der Waals surface area (Å²) in [7, 11) is 0. The van der Waals surface area contributed by atoms with Gasteiger partial charge in [0.25, 0.3) is 5.91 Å². The van der Waals surface area contributed by atoms with Crippen LogP contribution in [0.25, 0.3) is 0 Å². The fraction of sp³-hybridized carbons (Fsp3) is 0.622. The second-order valence-corrected chi connectivity index (χ2v) is 14.7. The van der Waals surface area contributed by atoms with E-state index in [1.165, 1.54) is 5.57 Å². The highest BCUT2D eigenvalue weighted by Gasteiger charge is 2.63. The third kappa shape index (κ3) is 6.33. The fourth-order valence-corrected chi connectivity index (χ4v) is 9.13. The number of oxime groups is 1. The Labute approximate surface area is 272 Å². The molecular formula is C37H49N3O6. The van der Waals surface area contributed by atoms with E-state index < -0.39 is 35.5 Å². The molecule has 5 rings (SSSR count). The number of carbonyl (C=O) groups excluding carboxylic acids is 2. The number of nitrogens with zero attached hydrogens (tertiary/aromatic N) is 1. The van der Waals surface area contributed by atoms with Gasteiger partial charge in [-0.1, -0.05) is 74.7 Å². The number of carboxylic acid groups (broad SMARTS) is 1. The fourth-order valence-electron chi connectivity index (χ4n) is 9.13. The molecular weight excluding hydrogens is 582 g/mol. The zero-order chi connectivity index (χ0) is 33.3. The van der Waals surface area contributed by atoms with Crippen molar-refractivity contribution in [2.45, 2.75) is 103 Å². The lowest BCUT2D eigenvalue weighted by molar-refractivity contribution is -0.142. The molecule has 0 heterocycles. The Morgan fingerprint density at radius 3 is 2.43 bits per heavy atom. The van der Waals surface area contributed by atoms with Gasteiger partial charge in [-0.25, -0.2) is 4.79 Å². The quantitative estimate of drug-likeness (QED) is 0.219. The van der Waals surface area contributed by atoms with Gasteiger partial charge < -0.3 is 25.7 Å². The van der Waals surface area contributed by atoms with Gasteiger partial charge in [0, 0.05) is 11.8 Å². The molecule has 2 amide bonds. The van der Waals surface area contributed by atoms with Crippen LogP contribution in [0.15, 0.2) is 47.1 Å². The Bertz CT molecular complexity index is 1430. The number of aliphatic carboxylic acids is 1. The van der Waals surface area contributed by atoms with Gasteiger partial charge in [-0.05, 0) is 92.1 Å². The molecule has 0 saturated heterocycles. The number of hydrogen-bond donors (Lipinski definition) is 4. The first-order valence-electron chi connectivity index (χ1n) is 16.8. The summed E-state index contributed by atoms with van der Waals surface area (Å²) < 4.78 is 0. The average molecular weight is 632 g/mol. The first kappa shape index (κ1) is 33.7.